The van der Waals surface area contributed by atoms with E-state index in [2.05, 4.69) is 21.0 Å². The van der Waals surface area contributed by atoms with E-state index in [1.807, 2.05) is 0 Å². The summed E-state index contributed by atoms with van der Waals surface area (Å²) < 4.78 is 39.7. The first-order chi connectivity index (χ1) is 7.29. The van der Waals surface area contributed by atoms with Gasteiger partial charge in [0.15, 0.2) is 6.04 Å². The standard InChI is InChI=1S/C8H12BrF3N4/c1-4(2)16-6(5(9)3-14-16)7(15-13)8(10,11)12/h3-4,7,15H,13H2,1-2H3. The molecule has 0 bridgehead atoms. The number of nitrogens with one attached hydrogen (secondary N) is 1. The number of hydrogen-bond acceptors (Lipinski definition) is 3. The number of nitrogens with zero attached hydrogens (tertiary/aromatic N) is 2. The third kappa shape index (κ3) is 2.55. The van der Waals surface area contributed by atoms with E-state index in [0.29, 0.717) is 0 Å². The van der Waals surface area contributed by atoms with Crippen molar-refractivity contribution >= 4 is 15.9 Å². The SMILES string of the molecule is CC(C)n1ncc(Br)c1C(NN)C(F)(F)F. The van der Waals surface area contributed by atoms with Crippen LogP contribution in [-0.2, 0) is 0 Å². The molecule has 0 radical (unpaired) electrons. The fourth-order valence-corrected chi connectivity index (χ4v) is 1.86. The number of nitrogens with two attached hydrogens (primary N) is 1. The van der Waals surface area contributed by atoms with E-state index in [0.717, 1.165) is 0 Å². The van der Waals surface area contributed by atoms with Gasteiger partial charge in [0.05, 0.1) is 16.4 Å². The first-order valence-electron chi connectivity index (χ1n) is 4.54. The second-order valence-corrected chi connectivity index (χ2v) is 4.41. The highest BCUT2D eigenvalue weighted by molar-refractivity contribution is 9.10. The summed E-state index contributed by atoms with van der Waals surface area (Å²) >= 11 is 3.04. The Kier molecular flexibility index (Phi) is 3.97. The predicted octanol–water partition coefficient (Wildman–Crippen LogP) is 2.29. The van der Waals surface area contributed by atoms with Crippen molar-refractivity contribution in [1.82, 2.24) is 15.2 Å². The Morgan fingerprint density at radius 2 is 2.06 bits per heavy atom. The third-order valence-electron chi connectivity index (χ3n) is 2.04. The number of hydrazine groups is 1. The van der Waals surface area contributed by atoms with Gasteiger partial charge in [0.25, 0.3) is 0 Å². The van der Waals surface area contributed by atoms with E-state index >= 15 is 0 Å². The minimum Gasteiger partial charge on any atom is -0.271 e. The van der Waals surface area contributed by atoms with E-state index in [1.54, 1.807) is 19.3 Å². The summed E-state index contributed by atoms with van der Waals surface area (Å²) in [6, 6.07) is -2.12. The Morgan fingerprint density at radius 1 is 1.50 bits per heavy atom. The number of halogens is 4. The van der Waals surface area contributed by atoms with Crippen LogP contribution in [0.25, 0.3) is 0 Å². The topological polar surface area (TPSA) is 55.9 Å². The van der Waals surface area contributed by atoms with Gasteiger partial charge in [-0.25, -0.2) is 5.43 Å². The summed E-state index contributed by atoms with van der Waals surface area (Å²) in [7, 11) is 0. The van der Waals surface area contributed by atoms with Crippen LogP contribution in [0.5, 0.6) is 0 Å². The zero-order chi connectivity index (χ0) is 12.5. The molecule has 0 saturated heterocycles. The third-order valence-corrected chi connectivity index (χ3v) is 2.65. The van der Waals surface area contributed by atoms with Crippen molar-refractivity contribution in [3.05, 3.63) is 16.4 Å². The Hall–Kier alpha value is -0.600. The van der Waals surface area contributed by atoms with Gasteiger partial charge in [-0.05, 0) is 29.8 Å². The highest BCUT2D eigenvalue weighted by Gasteiger charge is 2.43. The highest BCUT2D eigenvalue weighted by atomic mass is 79.9. The molecule has 4 nitrogen and oxygen atoms in total. The molecule has 92 valence electrons. The molecular formula is C8H12BrF3N4. The summed E-state index contributed by atoms with van der Waals surface area (Å²) in [4.78, 5) is 0. The lowest BCUT2D eigenvalue weighted by atomic mass is 10.2. The Morgan fingerprint density at radius 3 is 2.44 bits per heavy atom. The molecule has 1 unspecified atom stereocenters. The van der Waals surface area contributed by atoms with Crippen LogP contribution in [0.15, 0.2) is 10.7 Å². The normalized spacial score (nSPS) is 14.5. The quantitative estimate of drug-likeness (QED) is 0.665. The van der Waals surface area contributed by atoms with Gasteiger partial charge in [-0.2, -0.15) is 18.3 Å². The first kappa shape index (κ1) is 13.5. The van der Waals surface area contributed by atoms with Crippen LogP contribution in [0, 0.1) is 0 Å². The molecule has 1 aromatic heterocycles. The van der Waals surface area contributed by atoms with E-state index in [9.17, 15) is 13.2 Å². The van der Waals surface area contributed by atoms with E-state index in [4.69, 9.17) is 5.84 Å². The first-order valence-corrected chi connectivity index (χ1v) is 5.34. The molecule has 0 amide bonds. The number of alkyl halides is 3. The predicted molar refractivity (Wildman–Crippen MR) is 56.4 cm³/mol. The molecule has 8 heteroatoms. The van der Waals surface area contributed by atoms with Crippen molar-refractivity contribution in [2.45, 2.75) is 32.1 Å². The lowest BCUT2D eigenvalue weighted by Gasteiger charge is -2.22. The fourth-order valence-electron chi connectivity index (χ4n) is 1.36. The zero-order valence-corrected chi connectivity index (χ0v) is 10.3. The van der Waals surface area contributed by atoms with E-state index < -0.39 is 12.2 Å². The molecule has 0 spiro atoms. The molecule has 0 aromatic carbocycles. The van der Waals surface area contributed by atoms with Crippen molar-refractivity contribution in [2.75, 3.05) is 0 Å². The number of hydrogen-bond donors (Lipinski definition) is 2. The summed E-state index contributed by atoms with van der Waals surface area (Å²) in [5, 5.41) is 3.87. The Bertz CT molecular complexity index is 361. The molecular weight excluding hydrogens is 289 g/mol. The van der Waals surface area contributed by atoms with Crippen LogP contribution >= 0.6 is 15.9 Å². The summed E-state index contributed by atoms with van der Waals surface area (Å²) in [6.45, 7) is 3.49. The van der Waals surface area contributed by atoms with Gasteiger partial charge in [-0.1, -0.05) is 0 Å². The van der Waals surface area contributed by atoms with Crippen molar-refractivity contribution < 1.29 is 13.2 Å². The Labute approximate surface area is 99.1 Å². The molecule has 0 aliphatic carbocycles. The van der Waals surface area contributed by atoms with Gasteiger partial charge < -0.3 is 0 Å². The van der Waals surface area contributed by atoms with Crippen molar-refractivity contribution in [2.24, 2.45) is 5.84 Å². The van der Waals surface area contributed by atoms with Crippen LogP contribution in [0.3, 0.4) is 0 Å². The van der Waals surface area contributed by atoms with Crippen molar-refractivity contribution in [3.8, 4) is 0 Å². The molecule has 16 heavy (non-hydrogen) atoms. The average molecular weight is 301 g/mol. The van der Waals surface area contributed by atoms with Crippen LogP contribution in [0.4, 0.5) is 13.2 Å². The molecule has 1 atom stereocenters. The van der Waals surface area contributed by atoms with Gasteiger partial charge in [0, 0.05) is 6.04 Å². The largest absolute Gasteiger partial charge is 0.410 e. The average Bonchev–Trinajstić information content (AvgIpc) is 2.47. The second-order valence-electron chi connectivity index (χ2n) is 3.56. The maximum Gasteiger partial charge on any atom is 0.410 e. The molecule has 1 aromatic rings. The van der Waals surface area contributed by atoms with Crippen molar-refractivity contribution in [1.29, 1.82) is 0 Å². The van der Waals surface area contributed by atoms with E-state index in [-0.39, 0.29) is 16.2 Å². The lowest BCUT2D eigenvalue weighted by Crippen LogP contribution is -2.40. The summed E-state index contributed by atoms with van der Waals surface area (Å²) in [6.07, 6.45) is -3.14. The van der Waals surface area contributed by atoms with Crippen molar-refractivity contribution in [3.63, 3.8) is 0 Å². The number of rotatable bonds is 3. The van der Waals surface area contributed by atoms with Gasteiger partial charge in [-0.15, -0.1) is 0 Å². The van der Waals surface area contributed by atoms with Gasteiger partial charge >= 0.3 is 6.18 Å². The summed E-state index contributed by atoms with van der Waals surface area (Å²) in [5.74, 6) is 4.96. The smallest absolute Gasteiger partial charge is 0.271 e. The van der Waals surface area contributed by atoms with Gasteiger partial charge in [0.1, 0.15) is 0 Å². The van der Waals surface area contributed by atoms with Crippen LogP contribution < -0.4 is 11.3 Å². The fraction of sp³-hybridized carbons (Fsp3) is 0.625. The molecule has 1 heterocycles. The number of aromatic nitrogens is 2. The minimum atomic E-state index is -4.47. The van der Waals surface area contributed by atoms with Crippen LogP contribution in [-0.4, -0.2) is 16.0 Å². The monoisotopic (exact) mass is 300 g/mol. The van der Waals surface area contributed by atoms with Crippen LogP contribution in [0.2, 0.25) is 0 Å². The molecule has 0 fully saturated rings. The molecule has 0 aliphatic rings. The minimum absolute atomic E-state index is 0.0231. The maximum atomic E-state index is 12.7. The molecule has 3 N–H and O–H groups in total. The Balaban J connectivity index is 3.24. The lowest BCUT2D eigenvalue weighted by molar-refractivity contribution is -0.159. The van der Waals surface area contributed by atoms with Gasteiger partial charge in [0.2, 0.25) is 0 Å². The molecule has 0 aliphatic heterocycles. The maximum absolute atomic E-state index is 12.7. The highest BCUT2D eigenvalue weighted by Crippen LogP contribution is 2.36. The zero-order valence-electron chi connectivity index (χ0n) is 8.72. The molecule has 1 rings (SSSR count). The van der Waals surface area contributed by atoms with E-state index in [1.165, 1.54) is 10.9 Å². The molecule has 0 saturated carbocycles. The summed E-state index contributed by atoms with van der Waals surface area (Å²) in [5.41, 5.74) is 1.74. The van der Waals surface area contributed by atoms with Gasteiger partial charge in [-0.3, -0.25) is 10.5 Å². The second kappa shape index (κ2) is 4.72. The van der Waals surface area contributed by atoms with Crippen LogP contribution in [0.1, 0.15) is 31.6 Å².